The molecule has 4 rings (SSSR count). The van der Waals surface area contributed by atoms with Gasteiger partial charge in [0.05, 0.1) is 23.9 Å². The Kier molecular flexibility index (Phi) is 5.90. The third-order valence-corrected chi connectivity index (χ3v) is 6.06. The van der Waals surface area contributed by atoms with Gasteiger partial charge in [0.25, 0.3) is 0 Å². The van der Waals surface area contributed by atoms with E-state index in [-0.39, 0.29) is 6.04 Å². The smallest absolute Gasteiger partial charge is 0.330 e. The van der Waals surface area contributed by atoms with Crippen molar-refractivity contribution < 1.29 is 9.53 Å². The van der Waals surface area contributed by atoms with Crippen LogP contribution in [0.15, 0.2) is 36.4 Å². The molecule has 3 aromatic rings. The van der Waals surface area contributed by atoms with E-state index in [4.69, 9.17) is 9.72 Å². The number of pyridine rings is 1. The van der Waals surface area contributed by atoms with E-state index in [1.807, 2.05) is 0 Å². The number of fused-ring (bicyclic) bond motifs is 2. The topological polar surface area (TPSA) is 67.9 Å². The van der Waals surface area contributed by atoms with Crippen LogP contribution in [0.25, 0.3) is 17.1 Å². The second-order valence-corrected chi connectivity index (χ2v) is 7.76. The van der Waals surface area contributed by atoms with Crippen LogP contribution in [0.1, 0.15) is 66.9 Å². The molecule has 2 heterocycles. The Labute approximate surface area is 183 Å². The summed E-state index contributed by atoms with van der Waals surface area (Å²) in [6.45, 7) is 6.29. The number of benzene rings is 1. The Morgan fingerprint density at radius 3 is 2.81 bits per heavy atom. The molecule has 1 aliphatic rings. The van der Waals surface area contributed by atoms with Crippen LogP contribution in [0.4, 0.5) is 0 Å². The number of ether oxygens (including phenoxy) is 1. The third-order valence-electron chi connectivity index (χ3n) is 6.06. The van der Waals surface area contributed by atoms with Gasteiger partial charge in [0, 0.05) is 17.2 Å². The van der Waals surface area contributed by atoms with Gasteiger partial charge in [-0.25, -0.2) is 9.78 Å². The molecule has 0 fully saturated rings. The van der Waals surface area contributed by atoms with E-state index < -0.39 is 5.97 Å². The first kappa shape index (κ1) is 20.9. The number of nitriles is 1. The van der Waals surface area contributed by atoms with Crippen molar-refractivity contribution in [2.75, 3.05) is 6.61 Å². The summed E-state index contributed by atoms with van der Waals surface area (Å²) in [5, 5.41) is 11.0. The van der Waals surface area contributed by atoms with Gasteiger partial charge >= 0.3 is 5.97 Å². The Balaban J connectivity index is 2.03. The molecule has 5 nitrogen and oxygen atoms in total. The molecule has 0 saturated carbocycles. The van der Waals surface area contributed by atoms with E-state index in [0.717, 1.165) is 53.7 Å². The molecular weight excluding hydrogens is 386 g/mol. The van der Waals surface area contributed by atoms with Gasteiger partial charge in [0.15, 0.2) is 0 Å². The summed E-state index contributed by atoms with van der Waals surface area (Å²) < 4.78 is 7.26. The molecule has 0 radical (unpaired) electrons. The van der Waals surface area contributed by atoms with Gasteiger partial charge in [-0.05, 0) is 61.4 Å². The number of carbonyl (C=O) groups excluding carboxylic acids is 1. The van der Waals surface area contributed by atoms with Crippen LogP contribution in [0.3, 0.4) is 0 Å². The van der Waals surface area contributed by atoms with Gasteiger partial charge in [-0.15, -0.1) is 0 Å². The van der Waals surface area contributed by atoms with Crippen LogP contribution in [-0.2, 0) is 28.8 Å². The quantitative estimate of drug-likeness (QED) is 0.414. The van der Waals surface area contributed by atoms with Crippen LogP contribution in [0, 0.1) is 11.3 Å². The predicted molar refractivity (Wildman–Crippen MR) is 122 cm³/mol. The fourth-order valence-electron chi connectivity index (χ4n) is 4.64. The number of aryl methyl sites for hydroxylation is 3. The second-order valence-electron chi connectivity index (χ2n) is 7.76. The Hall–Kier alpha value is -3.39. The lowest BCUT2D eigenvalue weighted by atomic mass is 10.0. The van der Waals surface area contributed by atoms with Gasteiger partial charge in [0.2, 0.25) is 0 Å². The van der Waals surface area contributed by atoms with Crippen LogP contribution < -0.4 is 0 Å². The summed E-state index contributed by atoms with van der Waals surface area (Å²) in [7, 11) is 0. The fourth-order valence-corrected chi connectivity index (χ4v) is 4.64. The van der Waals surface area contributed by atoms with E-state index >= 15 is 0 Å². The molecule has 1 aliphatic carbocycles. The zero-order valence-corrected chi connectivity index (χ0v) is 18.3. The van der Waals surface area contributed by atoms with E-state index in [1.165, 1.54) is 17.2 Å². The van der Waals surface area contributed by atoms with Gasteiger partial charge in [-0.1, -0.05) is 38.1 Å². The number of carbonyl (C=O) groups is 1. The van der Waals surface area contributed by atoms with Crippen LogP contribution in [0.5, 0.6) is 0 Å². The van der Waals surface area contributed by atoms with E-state index in [0.29, 0.717) is 12.2 Å². The minimum atomic E-state index is -0.409. The van der Waals surface area contributed by atoms with E-state index in [2.05, 4.69) is 54.8 Å². The highest BCUT2D eigenvalue weighted by atomic mass is 16.5. The summed E-state index contributed by atoms with van der Waals surface area (Å²) in [5.41, 5.74) is 6.86. The molecule has 2 aromatic heterocycles. The van der Waals surface area contributed by atoms with Crippen molar-refractivity contribution in [3.05, 3.63) is 70.0 Å². The van der Waals surface area contributed by atoms with Gasteiger partial charge in [-0.2, -0.15) is 5.26 Å². The van der Waals surface area contributed by atoms with Crippen LogP contribution in [-0.4, -0.2) is 22.1 Å². The standard InChI is InChI=1S/C26H27N3O2/c1-4-17-15-19(5-2)28-26-25(17)21(16-27)23(13-14-24(30)31-6-3)29(26)22-12-11-18-9-7-8-10-20(18)22/h7-10,13-15,22H,4-6,11-12H2,1-3H3/b14-13+. The molecule has 0 saturated heterocycles. The van der Waals surface area contributed by atoms with E-state index in [9.17, 15) is 10.1 Å². The summed E-state index contributed by atoms with van der Waals surface area (Å²) in [5.74, 6) is -0.409. The summed E-state index contributed by atoms with van der Waals surface area (Å²) in [4.78, 5) is 17.0. The molecule has 0 spiro atoms. The number of hydrogen-bond donors (Lipinski definition) is 0. The highest BCUT2D eigenvalue weighted by Gasteiger charge is 2.30. The molecule has 0 N–H and O–H groups in total. The monoisotopic (exact) mass is 413 g/mol. The third kappa shape index (κ3) is 3.63. The van der Waals surface area contributed by atoms with Crippen molar-refractivity contribution in [2.24, 2.45) is 0 Å². The van der Waals surface area contributed by atoms with E-state index in [1.54, 1.807) is 13.0 Å². The zero-order valence-electron chi connectivity index (χ0n) is 18.3. The first-order valence-electron chi connectivity index (χ1n) is 11.0. The molecule has 1 aromatic carbocycles. The average molecular weight is 414 g/mol. The molecule has 31 heavy (non-hydrogen) atoms. The first-order chi connectivity index (χ1) is 15.1. The maximum Gasteiger partial charge on any atom is 0.330 e. The number of nitrogens with zero attached hydrogens (tertiary/aromatic N) is 3. The Morgan fingerprint density at radius 1 is 1.29 bits per heavy atom. The van der Waals surface area contributed by atoms with Crippen molar-refractivity contribution in [2.45, 2.75) is 52.5 Å². The number of rotatable bonds is 6. The molecule has 1 atom stereocenters. The molecule has 0 amide bonds. The lowest BCUT2D eigenvalue weighted by molar-refractivity contribution is -0.137. The maximum atomic E-state index is 12.1. The van der Waals surface area contributed by atoms with Gasteiger partial charge in [0.1, 0.15) is 11.7 Å². The van der Waals surface area contributed by atoms with Crippen LogP contribution >= 0.6 is 0 Å². The lowest BCUT2D eigenvalue weighted by Crippen LogP contribution is -2.11. The molecule has 158 valence electrons. The van der Waals surface area contributed by atoms with Crippen molar-refractivity contribution >= 4 is 23.1 Å². The van der Waals surface area contributed by atoms with Gasteiger partial charge in [-0.3, -0.25) is 0 Å². The Bertz CT molecular complexity index is 1210. The molecular formula is C26H27N3O2. The highest BCUT2D eigenvalue weighted by molar-refractivity contribution is 5.94. The second kappa shape index (κ2) is 8.77. The largest absolute Gasteiger partial charge is 0.463 e. The molecule has 5 heteroatoms. The lowest BCUT2D eigenvalue weighted by Gasteiger charge is -2.18. The number of hydrogen-bond acceptors (Lipinski definition) is 4. The normalized spacial score (nSPS) is 15.4. The minimum absolute atomic E-state index is 0.0759. The van der Waals surface area contributed by atoms with Crippen molar-refractivity contribution in [1.29, 1.82) is 5.26 Å². The number of esters is 1. The summed E-state index contributed by atoms with van der Waals surface area (Å²) >= 11 is 0. The van der Waals surface area contributed by atoms with Gasteiger partial charge < -0.3 is 9.30 Å². The SMILES string of the molecule is CCOC(=O)/C=C/c1c(C#N)c2c(CC)cc(CC)nc2n1C1CCc2ccccc21. The molecule has 1 unspecified atom stereocenters. The highest BCUT2D eigenvalue weighted by Crippen LogP contribution is 2.40. The molecule has 0 aliphatic heterocycles. The van der Waals surface area contributed by atoms with Crippen LogP contribution in [0.2, 0.25) is 0 Å². The van der Waals surface area contributed by atoms with Crippen molar-refractivity contribution in [3.8, 4) is 6.07 Å². The average Bonchev–Trinajstić information content (AvgIpc) is 3.35. The number of aromatic nitrogens is 2. The summed E-state index contributed by atoms with van der Waals surface area (Å²) in [6, 6.07) is 13.1. The first-order valence-corrected chi connectivity index (χ1v) is 11.0. The summed E-state index contributed by atoms with van der Waals surface area (Å²) in [6.07, 6.45) is 6.70. The van der Waals surface area contributed by atoms with Crippen molar-refractivity contribution in [1.82, 2.24) is 9.55 Å². The fraction of sp³-hybridized carbons (Fsp3) is 0.346. The predicted octanol–water partition coefficient (Wildman–Crippen LogP) is 5.14. The maximum absolute atomic E-state index is 12.1. The van der Waals surface area contributed by atoms with Crippen molar-refractivity contribution in [3.63, 3.8) is 0 Å². The Morgan fingerprint density at radius 2 is 2.10 bits per heavy atom. The minimum Gasteiger partial charge on any atom is -0.463 e. The zero-order chi connectivity index (χ0) is 22.0. The molecule has 0 bridgehead atoms.